The van der Waals surface area contributed by atoms with E-state index in [1.54, 1.807) is 149 Å². The second-order valence-corrected chi connectivity index (χ2v) is 34.2. The summed E-state index contributed by atoms with van der Waals surface area (Å²) in [5.41, 5.74) is 42.9. The van der Waals surface area contributed by atoms with Crippen LogP contribution in [0.15, 0.2) is 149 Å². The first-order chi connectivity index (χ1) is 59.3. The lowest BCUT2D eigenvalue weighted by atomic mass is 10.00. The minimum atomic E-state index is -0.568. The number of pyridine rings is 5. The molecule has 0 radical (unpaired) electrons. The van der Waals surface area contributed by atoms with E-state index in [2.05, 4.69) is 57.3 Å². The van der Waals surface area contributed by atoms with E-state index in [1.807, 2.05) is 104 Å². The minimum absolute atomic E-state index is 0.0123. The van der Waals surface area contributed by atoms with E-state index in [0.29, 0.717) is 159 Å². The van der Waals surface area contributed by atoms with Gasteiger partial charge in [-0.3, -0.25) is 33.6 Å². The number of hydrogen-bond acceptors (Lipinski definition) is 29. The van der Waals surface area contributed by atoms with E-state index in [9.17, 15) is 33.6 Å². The fourth-order valence-electron chi connectivity index (χ4n) is 14.3. The number of thiophene rings is 5. The van der Waals surface area contributed by atoms with Crippen LogP contribution in [0.4, 0.5) is 28.4 Å². The van der Waals surface area contributed by atoms with Crippen molar-refractivity contribution in [1.82, 2.24) is 102 Å². The average molecular weight is 1760 g/mol. The van der Waals surface area contributed by atoms with Crippen LogP contribution in [0.1, 0.15) is 104 Å². The molecule has 123 heavy (non-hydrogen) atoms. The number of nitrogens with two attached hydrogens (primary N) is 6. The van der Waals surface area contributed by atoms with Gasteiger partial charge in [-0.25, -0.2) is 47.5 Å². The zero-order valence-corrected chi connectivity index (χ0v) is 72.4. The Morgan fingerprint density at radius 3 is 1.18 bits per heavy atom. The van der Waals surface area contributed by atoms with Gasteiger partial charge in [0.2, 0.25) is 11.8 Å². The molecule has 15 aromatic rings. The van der Waals surface area contributed by atoms with Crippen molar-refractivity contribution in [1.29, 1.82) is 0 Å². The highest BCUT2D eigenvalue weighted by molar-refractivity contribution is 7.14. The van der Waals surface area contributed by atoms with Crippen molar-refractivity contribution in [2.24, 2.45) is 11.7 Å². The van der Waals surface area contributed by atoms with Gasteiger partial charge < -0.3 is 73.3 Å². The predicted octanol–water partition coefficient (Wildman–Crippen LogP) is 9.68. The highest BCUT2D eigenvalue weighted by atomic mass is 32.1. The van der Waals surface area contributed by atoms with Gasteiger partial charge in [0.05, 0.1) is 106 Å². The number of amides is 7. The molecule has 3 saturated heterocycles. The van der Waals surface area contributed by atoms with E-state index in [1.165, 1.54) is 52.8 Å². The Labute approximate surface area is 724 Å². The molecule has 41 heteroatoms. The van der Waals surface area contributed by atoms with E-state index >= 15 is 0 Å². The number of methoxy groups -OCH3 is 2. The van der Waals surface area contributed by atoms with Crippen LogP contribution in [0.2, 0.25) is 0 Å². The molecule has 0 aromatic carbocycles. The molecule has 3 atom stereocenters. The number of carbonyl (C=O) groups is 7. The molecular weight excluding hydrogens is 1670 g/mol. The number of rotatable bonds is 19. The fraction of sp³-hybridized carbons (Fsp3) is 0.305. The molecule has 0 aliphatic carbocycles. The molecule has 15 aromatic heterocycles. The molecule has 18 heterocycles. The number of carbonyl (C=O) groups excluding carboxylic acids is 7. The molecule has 7 amide bonds. The van der Waals surface area contributed by atoms with Crippen molar-refractivity contribution in [3.63, 3.8) is 0 Å². The lowest BCUT2D eigenvalue weighted by Gasteiger charge is -2.31. The fourth-order valence-corrected chi connectivity index (χ4v) is 17.5. The summed E-state index contributed by atoms with van der Waals surface area (Å²) >= 11 is 7.75. The number of primary amides is 1. The zero-order chi connectivity index (χ0) is 86.9. The maximum absolute atomic E-state index is 12.9. The number of anilines is 5. The standard InChI is InChI=1S/C17H19N5O2S.C17H19N5OS.C16H16N6O2S.C16H18N6O2S.C16H19N5O2S/c1-24-10-12-4-2-6-21(12)17(23)11-8-13(18)16-19-15(20-22(16)9-11)14-5-3-7-25-14;1-11-4-2-6-21(9-11)17(23)12-8-13(18)16-19-15(20-22(16)10-12)14-5-3-7-24-14;17-10-7-9(16(24)21-5-1-3-11(21)13(18)23)8-22-15(10)19-14(20-22)12-4-2-6-25-12;1-20(2)13(23)9-21(3)16(24)10-7-11(17)15-18-14(19-22(15)8-10)12-5-4-6-25-12;1-3-20(6-7-23-2)16(22)11-9-12(17)15-18-14(19-21(15)10-11)13-5-4-8-24-13/h3,5,7-9,12H,2,4,6,10,18H2,1H3;3,5,7-8,10-11H,2,4,6,9,18H2,1H3;2,4,6-8,11H,1,3,5,17H2,(H2,18,23);4-8H,9,17H2,1-3H3;4-5,8-10H,3,6-7,17H2,1-2H3/t12-;;11-;;/m1.1../s1. The number of nitrogen functional groups attached to an aromatic ring is 5. The maximum Gasteiger partial charge on any atom is 0.256 e. The third-order valence-electron chi connectivity index (χ3n) is 20.5. The monoisotopic (exact) mass is 1760 g/mol. The van der Waals surface area contributed by atoms with Crippen LogP contribution in [0.5, 0.6) is 0 Å². The first-order valence-electron chi connectivity index (χ1n) is 39.3. The number of likely N-dealkylation sites (tertiary alicyclic amines) is 3. The van der Waals surface area contributed by atoms with Gasteiger partial charge in [0, 0.05) is 106 Å². The van der Waals surface area contributed by atoms with E-state index in [0.717, 1.165) is 69.7 Å². The third-order valence-corrected chi connectivity index (χ3v) is 24.8. The molecule has 3 aliphatic heterocycles. The van der Waals surface area contributed by atoms with Gasteiger partial charge in [-0.2, -0.15) is 0 Å². The molecule has 3 fully saturated rings. The summed E-state index contributed by atoms with van der Waals surface area (Å²) in [6.45, 7) is 9.11. The van der Waals surface area contributed by atoms with Crippen molar-refractivity contribution in [2.45, 2.75) is 64.5 Å². The highest BCUT2D eigenvalue weighted by Gasteiger charge is 2.35. The number of fused-ring (bicyclic) bond motifs is 5. The number of aromatic nitrogens is 15. The maximum atomic E-state index is 12.9. The molecule has 0 bridgehead atoms. The SMILES string of the molecule is CC1CCCN(C(=O)c2cc(N)c3nc(-c4cccs4)nn3c2)C1.CCN(CCOC)C(=O)c1cc(N)c2nc(-c3cccs3)nn2c1.CN(C)C(=O)CN(C)C(=O)c1cc(N)c2nc(-c3cccs3)nn2c1.COC[C@H]1CCCN1C(=O)c1cc(N)c2nc(-c3cccs3)nn2c1.NC(=O)[C@H]1CCCN1C(=O)c1cc(N)c2nc(-c3cccs3)nn2c1. The normalized spacial score (nSPS) is 15.0. The number of piperidine rings is 1. The van der Waals surface area contributed by atoms with Gasteiger partial charge in [-0.1, -0.05) is 37.3 Å². The quantitative estimate of drug-likeness (QED) is 0.0438. The van der Waals surface area contributed by atoms with Crippen molar-refractivity contribution in [3.05, 3.63) is 177 Å². The Morgan fingerprint density at radius 2 is 0.821 bits per heavy atom. The molecule has 36 nitrogen and oxygen atoms in total. The predicted molar refractivity (Wildman–Crippen MR) is 476 cm³/mol. The van der Waals surface area contributed by atoms with Gasteiger partial charge in [-0.15, -0.1) is 82.2 Å². The second kappa shape index (κ2) is 38.3. The summed E-state index contributed by atoms with van der Waals surface area (Å²) in [5, 5.41) is 32.0. The number of ether oxygens (including phenoxy) is 2. The van der Waals surface area contributed by atoms with Gasteiger partial charge in [0.1, 0.15) is 6.04 Å². The summed E-state index contributed by atoms with van der Waals surface area (Å²) in [5.74, 6) is 2.16. The number of likely N-dealkylation sites (N-methyl/N-ethyl adjacent to an activating group) is 3. The van der Waals surface area contributed by atoms with Crippen molar-refractivity contribution in [2.75, 3.05) is 123 Å². The average Bonchev–Trinajstić information content (AvgIpc) is 1.71. The molecule has 3 aliphatic rings. The van der Waals surface area contributed by atoms with Gasteiger partial charge in [0.25, 0.3) is 29.5 Å². The van der Waals surface area contributed by atoms with Crippen LogP contribution >= 0.6 is 56.7 Å². The van der Waals surface area contributed by atoms with Gasteiger partial charge >= 0.3 is 0 Å². The zero-order valence-electron chi connectivity index (χ0n) is 68.3. The molecule has 1 unspecified atom stereocenters. The molecule has 0 saturated carbocycles. The smallest absolute Gasteiger partial charge is 0.256 e. The van der Waals surface area contributed by atoms with Crippen LogP contribution < -0.4 is 34.4 Å². The van der Waals surface area contributed by atoms with Crippen molar-refractivity contribution in [3.8, 4) is 53.5 Å². The lowest BCUT2D eigenvalue weighted by Crippen LogP contribution is -2.43. The Balaban J connectivity index is 0.000000125. The van der Waals surface area contributed by atoms with Crippen LogP contribution in [0, 0.1) is 5.92 Å². The number of hydrogen-bond donors (Lipinski definition) is 6. The summed E-state index contributed by atoms with van der Waals surface area (Å²) < 4.78 is 18.1. The molecular formula is C82H91N27O9S5. The summed E-state index contributed by atoms with van der Waals surface area (Å²) in [6.07, 6.45) is 13.8. The topological polar surface area (TPSA) is 464 Å². The van der Waals surface area contributed by atoms with E-state index in [4.69, 9.17) is 43.9 Å². The van der Waals surface area contributed by atoms with Crippen LogP contribution in [-0.4, -0.2) is 250 Å². The first-order valence-corrected chi connectivity index (χ1v) is 43.7. The van der Waals surface area contributed by atoms with Crippen LogP contribution in [-0.2, 0) is 19.1 Å². The van der Waals surface area contributed by atoms with E-state index in [-0.39, 0.29) is 48.0 Å². The molecule has 638 valence electrons. The van der Waals surface area contributed by atoms with Crippen LogP contribution in [0.25, 0.3) is 81.7 Å². The number of nitrogens with zero attached hydrogens (tertiary/aromatic N) is 21. The molecule has 18 rings (SSSR count). The Hall–Kier alpha value is -13.2. The Morgan fingerprint density at radius 1 is 0.463 bits per heavy atom. The highest BCUT2D eigenvalue weighted by Crippen LogP contribution is 2.33. The molecule has 12 N–H and O–H groups in total. The molecule has 0 spiro atoms. The van der Waals surface area contributed by atoms with E-state index < -0.39 is 11.9 Å². The van der Waals surface area contributed by atoms with Gasteiger partial charge in [-0.05, 0) is 139 Å². The Kier molecular flexibility index (Phi) is 26.8. The summed E-state index contributed by atoms with van der Waals surface area (Å²) in [7, 11) is 8.14. The first kappa shape index (κ1) is 86.2. The summed E-state index contributed by atoms with van der Waals surface area (Å²) in [4.78, 5) is 124. The summed E-state index contributed by atoms with van der Waals surface area (Å²) in [6, 6.07) is 27.1. The Bertz CT molecular complexity index is 6280. The van der Waals surface area contributed by atoms with Crippen molar-refractivity contribution < 1.29 is 43.0 Å². The van der Waals surface area contributed by atoms with Crippen molar-refractivity contribution >= 4 is 155 Å². The van der Waals surface area contributed by atoms with Crippen LogP contribution in [0.3, 0.4) is 0 Å². The lowest BCUT2D eigenvalue weighted by molar-refractivity contribution is -0.129. The third kappa shape index (κ3) is 19.4. The van der Waals surface area contributed by atoms with Gasteiger partial charge in [0.15, 0.2) is 57.4 Å². The second-order valence-electron chi connectivity index (χ2n) is 29.5. The minimum Gasteiger partial charge on any atom is -0.396 e. The largest absolute Gasteiger partial charge is 0.396 e.